The second kappa shape index (κ2) is 3.56. The van der Waals surface area contributed by atoms with Crippen LogP contribution in [0.4, 0.5) is 0 Å². The number of thiophene rings is 1. The Bertz CT molecular complexity index is 253. The van der Waals surface area contributed by atoms with Gasteiger partial charge in [-0.25, -0.2) is 0 Å². The Hall–Kier alpha value is -0.380. The van der Waals surface area contributed by atoms with E-state index in [9.17, 15) is 0 Å². The summed E-state index contributed by atoms with van der Waals surface area (Å²) in [6.45, 7) is 6.32. The molecule has 3 heteroatoms. The van der Waals surface area contributed by atoms with Crippen molar-refractivity contribution < 1.29 is 0 Å². The molecule has 0 radical (unpaired) electrons. The summed E-state index contributed by atoms with van der Waals surface area (Å²) >= 11 is 1.83. The highest BCUT2D eigenvalue weighted by atomic mass is 32.1. The van der Waals surface area contributed by atoms with E-state index in [1.165, 1.54) is 9.75 Å². The molecule has 0 bridgehead atoms. The van der Waals surface area contributed by atoms with Crippen molar-refractivity contribution in [2.75, 3.05) is 0 Å². The minimum Gasteiger partial charge on any atom is -0.271 e. The Kier molecular flexibility index (Phi) is 2.88. The van der Waals surface area contributed by atoms with Gasteiger partial charge < -0.3 is 0 Å². The van der Waals surface area contributed by atoms with E-state index in [1.807, 2.05) is 11.3 Å². The van der Waals surface area contributed by atoms with Crippen molar-refractivity contribution in [2.24, 2.45) is 5.84 Å². The molecule has 0 spiro atoms. The van der Waals surface area contributed by atoms with Crippen molar-refractivity contribution in [1.29, 1.82) is 0 Å². The van der Waals surface area contributed by atoms with Gasteiger partial charge in [-0.3, -0.25) is 11.3 Å². The third-order valence-electron chi connectivity index (χ3n) is 1.80. The third kappa shape index (κ3) is 2.59. The number of hydrogen-bond acceptors (Lipinski definition) is 3. The average molecular weight is 184 g/mol. The molecule has 1 aromatic rings. The number of rotatable bonds is 3. The molecule has 0 amide bonds. The molecule has 0 unspecified atom stereocenters. The van der Waals surface area contributed by atoms with E-state index in [0.29, 0.717) is 0 Å². The lowest BCUT2D eigenvalue weighted by Crippen LogP contribution is -2.45. The van der Waals surface area contributed by atoms with Gasteiger partial charge >= 0.3 is 0 Å². The molecule has 0 aliphatic heterocycles. The summed E-state index contributed by atoms with van der Waals surface area (Å²) in [5.41, 5.74) is 2.80. The first kappa shape index (κ1) is 9.71. The van der Waals surface area contributed by atoms with Crippen LogP contribution in [-0.2, 0) is 6.42 Å². The highest BCUT2D eigenvalue weighted by Crippen LogP contribution is 2.20. The van der Waals surface area contributed by atoms with E-state index in [0.717, 1.165) is 6.42 Å². The molecule has 1 rings (SSSR count). The zero-order valence-electron chi connectivity index (χ0n) is 7.85. The van der Waals surface area contributed by atoms with Crippen molar-refractivity contribution in [2.45, 2.75) is 32.7 Å². The normalized spacial score (nSPS) is 12.0. The summed E-state index contributed by atoms with van der Waals surface area (Å²) in [4.78, 5) is 2.74. The van der Waals surface area contributed by atoms with Gasteiger partial charge in [-0.05, 0) is 32.9 Å². The van der Waals surface area contributed by atoms with Gasteiger partial charge in [0.05, 0.1) is 0 Å². The van der Waals surface area contributed by atoms with Crippen LogP contribution in [0.2, 0.25) is 0 Å². The fourth-order valence-electron chi connectivity index (χ4n) is 1.07. The summed E-state index contributed by atoms with van der Waals surface area (Å²) in [5.74, 6) is 5.42. The van der Waals surface area contributed by atoms with Gasteiger partial charge in [0.15, 0.2) is 0 Å². The van der Waals surface area contributed by atoms with E-state index in [-0.39, 0.29) is 5.54 Å². The van der Waals surface area contributed by atoms with Crippen LogP contribution in [0.5, 0.6) is 0 Å². The number of hydrogen-bond donors (Lipinski definition) is 2. The summed E-state index contributed by atoms with van der Waals surface area (Å²) in [5, 5.41) is 0. The molecule has 12 heavy (non-hydrogen) atoms. The maximum absolute atomic E-state index is 5.42. The fourth-order valence-corrected chi connectivity index (χ4v) is 2.19. The first-order valence-corrected chi connectivity index (χ1v) is 4.88. The molecule has 0 atom stereocenters. The highest BCUT2D eigenvalue weighted by Gasteiger charge is 2.16. The zero-order valence-corrected chi connectivity index (χ0v) is 8.66. The average Bonchev–Trinajstić information content (AvgIpc) is 2.35. The van der Waals surface area contributed by atoms with Crippen molar-refractivity contribution in [3.05, 3.63) is 21.9 Å². The molecule has 2 nitrogen and oxygen atoms in total. The van der Waals surface area contributed by atoms with Crippen LogP contribution in [0.25, 0.3) is 0 Å². The van der Waals surface area contributed by atoms with Crippen LogP contribution < -0.4 is 11.3 Å². The fraction of sp³-hybridized carbons (Fsp3) is 0.556. The molecular weight excluding hydrogens is 168 g/mol. The van der Waals surface area contributed by atoms with Crippen LogP contribution in [0.3, 0.4) is 0 Å². The molecular formula is C9H16N2S. The molecule has 68 valence electrons. The molecule has 0 aliphatic carbocycles. The van der Waals surface area contributed by atoms with Gasteiger partial charge in [-0.1, -0.05) is 0 Å². The molecule has 1 heterocycles. The standard InChI is InChI=1S/C9H16N2S/c1-7-4-5-8(12-7)6-9(2,3)11-10/h4-5,11H,6,10H2,1-3H3. The van der Waals surface area contributed by atoms with Gasteiger partial charge in [0, 0.05) is 21.7 Å². The lowest BCUT2D eigenvalue weighted by Gasteiger charge is -2.22. The minimum absolute atomic E-state index is 0.00269. The monoisotopic (exact) mass is 184 g/mol. The zero-order chi connectivity index (χ0) is 9.19. The first-order chi connectivity index (χ1) is 5.53. The van der Waals surface area contributed by atoms with E-state index in [4.69, 9.17) is 5.84 Å². The van der Waals surface area contributed by atoms with Crippen molar-refractivity contribution in [3.63, 3.8) is 0 Å². The van der Waals surface area contributed by atoms with E-state index in [1.54, 1.807) is 0 Å². The third-order valence-corrected chi connectivity index (χ3v) is 2.80. The summed E-state index contributed by atoms with van der Waals surface area (Å²) < 4.78 is 0. The Labute approximate surface area is 77.8 Å². The summed E-state index contributed by atoms with van der Waals surface area (Å²) in [6.07, 6.45) is 0.988. The number of nitrogens with two attached hydrogens (primary N) is 1. The van der Waals surface area contributed by atoms with E-state index < -0.39 is 0 Å². The van der Waals surface area contributed by atoms with E-state index in [2.05, 4.69) is 38.3 Å². The van der Waals surface area contributed by atoms with Crippen LogP contribution >= 0.6 is 11.3 Å². The van der Waals surface area contributed by atoms with Crippen LogP contribution in [0, 0.1) is 6.92 Å². The smallest absolute Gasteiger partial charge is 0.0313 e. The number of aryl methyl sites for hydroxylation is 1. The van der Waals surface area contributed by atoms with Crippen LogP contribution in [0.1, 0.15) is 23.6 Å². The topological polar surface area (TPSA) is 38.0 Å². The molecule has 3 N–H and O–H groups in total. The molecule has 1 aromatic heterocycles. The minimum atomic E-state index is -0.00269. The molecule has 0 saturated carbocycles. The lowest BCUT2D eigenvalue weighted by atomic mass is 10.0. The quantitative estimate of drug-likeness (QED) is 0.555. The summed E-state index contributed by atoms with van der Waals surface area (Å²) in [7, 11) is 0. The first-order valence-electron chi connectivity index (χ1n) is 4.06. The largest absolute Gasteiger partial charge is 0.271 e. The van der Waals surface area contributed by atoms with Gasteiger partial charge in [0.2, 0.25) is 0 Å². The van der Waals surface area contributed by atoms with Crippen molar-refractivity contribution in [3.8, 4) is 0 Å². The van der Waals surface area contributed by atoms with Gasteiger partial charge in [-0.15, -0.1) is 11.3 Å². The molecule has 0 saturated heterocycles. The van der Waals surface area contributed by atoms with Gasteiger partial charge in [0.25, 0.3) is 0 Å². The SMILES string of the molecule is Cc1ccc(CC(C)(C)NN)s1. The van der Waals surface area contributed by atoms with Crippen LogP contribution in [-0.4, -0.2) is 5.54 Å². The number of nitrogens with one attached hydrogen (secondary N) is 1. The molecule has 0 aliphatic rings. The molecule has 0 fully saturated rings. The van der Waals surface area contributed by atoms with E-state index >= 15 is 0 Å². The Morgan fingerprint density at radius 1 is 1.50 bits per heavy atom. The highest BCUT2D eigenvalue weighted by molar-refractivity contribution is 7.11. The summed E-state index contributed by atoms with van der Waals surface area (Å²) in [6, 6.07) is 4.31. The Morgan fingerprint density at radius 3 is 2.58 bits per heavy atom. The van der Waals surface area contributed by atoms with Crippen molar-refractivity contribution >= 4 is 11.3 Å². The maximum Gasteiger partial charge on any atom is 0.0313 e. The Morgan fingerprint density at radius 2 is 2.17 bits per heavy atom. The predicted molar refractivity (Wildman–Crippen MR) is 54.2 cm³/mol. The molecule has 0 aromatic carbocycles. The number of hydrazine groups is 1. The van der Waals surface area contributed by atoms with Gasteiger partial charge in [-0.2, -0.15) is 0 Å². The van der Waals surface area contributed by atoms with Gasteiger partial charge in [0.1, 0.15) is 0 Å². The predicted octanol–water partition coefficient (Wildman–Crippen LogP) is 1.84. The second-order valence-corrected chi connectivity index (χ2v) is 5.09. The lowest BCUT2D eigenvalue weighted by molar-refractivity contribution is 0.398. The maximum atomic E-state index is 5.42. The Balaban J connectivity index is 2.63. The van der Waals surface area contributed by atoms with Crippen LogP contribution in [0.15, 0.2) is 12.1 Å². The van der Waals surface area contributed by atoms with Crippen molar-refractivity contribution in [1.82, 2.24) is 5.43 Å². The second-order valence-electron chi connectivity index (χ2n) is 3.72.